The lowest BCUT2D eigenvalue weighted by molar-refractivity contribution is 0.0687. The predicted molar refractivity (Wildman–Crippen MR) is 74.6 cm³/mol. The molecule has 0 saturated carbocycles. The van der Waals surface area contributed by atoms with Gasteiger partial charge in [0.25, 0.3) is 0 Å². The first-order chi connectivity index (χ1) is 8.84. The first kappa shape index (κ1) is 13.3. The third-order valence-corrected chi connectivity index (χ3v) is 3.83. The second kappa shape index (κ2) is 4.53. The largest absolute Gasteiger partial charge is 0.477 e. The number of aromatic nitrogens is 2. The number of rotatable bonds is 2. The minimum Gasteiger partial charge on any atom is -0.477 e. The molecule has 2 aromatic rings. The van der Waals surface area contributed by atoms with Gasteiger partial charge in [0.1, 0.15) is 11.5 Å². The third kappa shape index (κ3) is 2.03. The summed E-state index contributed by atoms with van der Waals surface area (Å²) in [5, 5.41) is 9.38. The Labute approximate surface area is 112 Å². The summed E-state index contributed by atoms with van der Waals surface area (Å²) >= 11 is 0. The fourth-order valence-corrected chi connectivity index (χ4v) is 2.26. The first-order valence-electron chi connectivity index (χ1n) is 6.18. The highest BCUT2D eigenvalue weighted by Gasteiger charge is 2.21. The van der Waals surface area contributed by atoms with E-state index in [2.05, 4.69) is 4.98 Å². The molecule has 0 spiro atoms. The SMILES string of the molecule is Cc1ccc(-c2nc(C)n(C)c2C(=O)O)c(C)c1C. The van der Waals surface area contributed by atoms with Crippen molar-refractivity contribution in [1.82, 2.24) is 9.55 Å². The zero-order valence-electron chi connectivity index (χ0n) is 11.9. The minimum atomic E-state index is -0.948. The standard InChI is InChI=1S/C15H18N2O2/c1-8-6-7-12(10(3)9(8)2)13-14(15(18)19)17(5)11(4)16-13/h6-7H,1-5H3,(H,18,19). The molecule has 0 bridgehead atoms. The summed E-state index contributed by atoms with van der Waals surface area (Å²) in [6.45, 7) is 7.91. The summed E-state index contributed by atoms with van der Waals surface area (Å²) in [6, 6.07) is 3.96. The van der Waals surface area contributed by atoms with Crippen LogP contribution in [0, 0.1) is 27.7 Å². The van der Waals surface area contributed by atoms with Crippen LogP contribution in [0.3, 0.4) is 0 Å². The van der Waals surface area contributed by atoms with Crippen LogP contribution >= 0.6 is 0 Å². The van der Waals surface area contributed by atoms with E-state index in [9.17, 15) is 9.90 Å². The third-order valence-electron chi connectivity index (χ3n) is 3.83. The zero-order valence-corrected chi connectivity index (χ0v) is 11.9. The maximum Gasteiger partial charge on any atom is 0.354 e. The van der Waals surface area contributed by atoms with Gasteiger partial charge in [0.15, 0.2) is 5.69 Å². The van der Waals surface area contributed by atoms with Gasteiger partial charge in [0.2, 0.25) is 0 Å². The van der Waals surface area contributed by atoms with Crippen LogP contribution < -0.4 is 0 Å². The van der Waals surface area contributed by atoms with Gasteiger partial charge in [-0.25, -0.2) is 9.78 Å². The molecule has 0 unspecified atom stereocenters. The molecule has 0 aliphatic heterocycles. The Morgan fingerprint density at radius 3 is 2.37 bits per heavy atom. The maximum absolute atomic E-state index is 11.4. The number of carboxylic acids is 1. The van der Waals surface area contributed by atoms with Crippen LogP contribution in [0.5, 0.6) is 0 Å². The molecule has 1 N–H and O–H groups in total. The van der Waals surface area contributed by atoms with Crippen LogP contribution in [0.2, 0.25) is 0 Å². The van der Waals surface area contributed by atoms with Gasteiger partial charge >= 0.3 is 5.97 Å². The fourth-order valence-electron chi connectivity index (χ4n) is 2.26. The molecule has 0 atom stereocenters. The Balaban J connectivity index is 2.76. The van der Waals surface area contributed by atoms with Crippen molar-refractivity contribution in [2.75, 3.05) is 0 Å². The summed E-state index contributed by atoms with van der Waals surface area (Å²) < 4.78 is 1.62. The summed E-state index contributed by atoms with van der Waals surface area (Å²) in [7, 11) is 1.73. The number of aryl methyl sites for hydroxylation is 2. The lowest BCUT2D eigenvalue weighted by Crippen LogP contribution is -2.07. The molecule has 1 aromatic carbocycles. The number of imidazole rings is 1. The number of benzene rings is 1. The van der Waals surface area contributed by atoms with Crippen molar-refractivity contribution < 1.29 is 9.90 Å². The molecular weight excluding hydrogens is 240 g/mol. The number of carboxylic acid groups (broad SMARTS) is 1. The van der Waals surface area contributed by atoms with Crippen LogP contribution in [0.4, 0.5) is 0 Å². The van der Waals surface area contributed by atoms with E-state index < -0.39 is 5.97 Å². The number of hydrogen-bond acceptors (Lipinski definition) is 2. The van der Waals surface area contributed by atoms with Crippen LogP contribution in [-0.4, -0.2) is 20.6 Å². The van der Waals surface area contributed by atoms with Gasteiger partial charge in [-0.3, -0.25) is 0 Å². The smallest absolute Gasteiger partial charge is 0.354 e. The van der Waals surface area contributed by atoms with E-state index in [1.807, 2.05) is 39.8 Å². The molecule has 0 amide bonds. The van der Waals surface area contributed by atoms with Gasteiger partial charge in [0.05, 0.1) is 0 Å². The van der Waals surface area contributed by atoms with E-state index in [1.165, 1.54) is 11.1 Å². The molecule has 0 radical (unpaired) electrons. The van der Waals surface area contributed by atoms with Crippen LogP contribution in [0.25, 0.3) is 11.3 Å². The highest BCUT2D eigenvalue weighted by atomic mass is 16.4. The van der Waals surface area contributed by atoms with Gasteiger partial charge < -0.3 is 9.67 Å². The van der Waals surface area contributed by atoms with Gasteiger partial charge in [-0.1, -0.05) is 12.1 Å². The number of aromatic carboxylic acids is 1. The second-order valence-corrected chi connectivity index (χ2v) is 4.90. The highest BCUT2D eigenvalue weighted by molar-refractivity contribution is 5.94. The Kier molecular flexibility index (Phi) is 3.18. The van der Waals surface area contributed by atoms with E-state index in [0.29, 0.717) is 11.5 Å². The highest BCUT2D eigenvalue weighted by Crippen LogP contribution is 2.29. The zero-order chi connectivity index (χ0) is 14.3. The van der Waals surface area contributed by atoms with Crippen molar-refractivity contribution in [2.45, 2.75) is 27.7 Å². The minimum absolute atomic E-state index is 0.240. The first-order valence-corrected chi connectivity index (χ1v) is 6.18. The van der Waals surface area contributed by atoms with Crippen LogP contribution in [-0.2, 0) is 7.05 Å². The van der Waals surface area contributed by atoms with Gasteiger partial charge in [-0.2, -0.15) is 0 Å². The van der Waals surface area contributed by atoms with Gasteiger partial charge in [-0.05, 0) is 44.4 Å². The molecule has 19 heavy (non-hydrogen) atoms. The molecule has 1 aromatic heterocycles. The normalized spacial score (nSPS) is 10.8. The summed E-state index contributed by atoms with van der Waals surface area (Å²) in [4.78, 5) is 15.8. The summed E-state index contributed by atoms with van der Waals surface area (Å²) in [6.07, 6.45) is 0. The molecule has 2 rings (SSSR count). The molecule has 4 nitrogen and oxygen atoms in total. The maximum atomic E-state index is 11.4. The van der Waals surface area contributed by atoms with Crippen molar-refractivity contribution in [1.29, 1.82) is 0 Å². The molecule has 1 heterocycles. The molecular formula is C15H18N2O2. The predicted octanol–water partition coefficient (Wildman–Crippen LogP) is 3.02. The van der Waals surface area contributed by atoms with Crippen LogP contribution in [0.15, 0.2) is 12.1 Å². The second-order valence-electron chi connectivity index (χ2n) is 4.90. The lowest BCUT2D eigenvalue weighted by atomic mass is 9.96. The molecule has 0 fully saturated rings. The number of hydrogen-bond donors (Lipinski definition) is 1. The Morgan fingerprint density at radius 2 is 1.79 bits per heavy atom. The average molecular weight is 258 g/mol. The monoisotopic (exact) mass is 258 g/mol. The topological polar surface area (TPSA) is 55.1 Å². The van der Waals surface area contributed by atoms with E-state index in [4.69, 9.17) is 0 Å². The van der Waals surface area contributed by atoms with Crippen molar-refractivity contribution in [2.24, 2.45) is 7.05 Å². The van der Waals surface area contributed by atoms with Crippen molar-refractivity contribution >= 4 is 5.97 Å². The van der Waals surface area contributed by atoms with Crippen molar-refractivity contribution in [3.05, 3.63) is 40.3 Å². The fraction of sp³-hybridized carbons (Fsp3) is 0.333. The summed E-state index contributed by atoms with van der Waals surface area (Å²) in [5.74, 6) is -0.249. The van der Waals surface area contributed by atoms with E-state index in [-0.39, 0.29) is 5.69 Å². The molecule has 0 saturated heterocycles. The molecule has 100 valence electrons. The molecule has 0 aliphatic rings. The number of carbonyl (C=O) groups is 1. The Hall–Kier alpha value is -2.10. The lowest BCUT2D eigenvalue weighted by Gasteiger charge is -2.10. The Bertz CT molecular complexity index is 669. The molecule has 4 heteroatoms. The average Bonchev–Trinajstić information content (AvgIpc) is 2.63. The summed E-state index contributed by atoms with van der Waals surface area (Å²) in [5.41, 5.74) is 5.14. The van der Waals surface area contributed by atoms with E-state index >= 15 is 0 Å². The van der Waals surface area contributed by atoms with Crippen molar-refractivity contribution in [3.8, 4) is 11.3 Å². The molecule has 0 aliphatic carbocycles. The number of nitrogens with zero attached hydrogens (tertiary/aromatic N) is 2. The van der Waals surface area contributed by atoms with Crippen LogP contribution in [0.1, 0.15) is 33.0 Å². The van der Waals surface area contributed by atoms with Gasteiger partial charge in [0, 0.05) is 12.6 Å². The Morgan fingerprint density at radius 1 is 1.16 bits per heavy atom. The van der Waals surface area contributed by atoms with E-state index in [0.717, 1.165) is 11.1 Å². The van der Waals surface area contributed by atoms with E-state index in [1.54, 1.807) is 11.6 Å². The van der Waals surface area contributed by atoms with Gasteiger partial charge in [-0.15, -0.1) is 0 Å². The van der Waals surface area contributed by atoms with Crippen molar-refractivity contribution in [3.63, 3.8) is 0 Å². The quantitative estimate of drug-likeness (QED) is 0.900.